The van der Waals surface area contributed by atoms with Gasteiger partial charge in [-0.05, 0) is 42.5 Å². The second-order valence-corrected chi connectivity index (χ2v) is 7.00. The molecule has 0 aliphatic rings. The zero-order valence-corrected chi connectivity index (χ0v) is 14.7. The van der Waals surface area contributed by atoms with Crippen molar-refractivity contribution in [2.45, 2.75) is 5.25 Å². The van der Waals surface area contributed by atoms with Crippen LogP contribution in [0.3, 0.4) is 0 Å². The number of amides is 1. The fraction of sp³-hybridized carbons (Fsp3) is 0.133. The van der Waals surface area contributed by atoms with Crippen LogP contribution in [-0.4, -0.2) is 22.0 Å². The van der Waals surface area contributed by atoms with Crippen molar-refractivity contribution in [2.24, 2.45) is 0 Å². The highest BCUT2D eigenvalue weighted by Crippen LogP contribution is 2.26. The first-order valence-corrected chi connectivity index (χ1v) is 8.62. The molecule has 1 atom stereocenters. The van der Waals surface area contributed by atoms with E-state index in [9.17, 15) is 22.2 Å². The van der Waals surface area contributed by atoms with Crippen LogP contribution in [0.2, 0.25) is 10.0 Å². The van der Waals surface area contributed by atoms with Crippen LogP contribution in [0.1, 0.15) is 10.4 Å². The number of hydrogen-bond acceptors (Lipinski definition) is 2. The van der Waals surface area contributed by atoms with Crippen LogP contribution in [-0.2, 0) is 11.0 Å². The molecule has 10 heteroatoms. The monoisotopic (exact) mass is 410 g/mol. The van der Waals surface area contributed by atoms with Crippen molar-refractivity contribution in [1.29, 1.82) is 0 Å². The summed E-state index contributed by atoms with van der Waals surface area (Å²) in [6, 6.07) is 9.88. The van der Waals surface area contributed by atoms with Crippen molar-refractivity contribution in [3.63, 3.8) is 0 Å². The van der Waals surface area contributed by atoms with Crippen LogP contribution in [0.4, 0.5) is 24.5 Å². The Balaban J connectivity index is 2.27. The number of anilines is 2. The molecule has 2 aromatic rings. The summed E-state index contributed by atoms with van der Waals surface area (Å²) in [5.74, 6) is -0.687. The first-order valence-electron chi connectivity index (χ1n) is 6.72. The number of alkyl halides is 3. The number of nitrogens with one attached hydrogen (secondary N) is 2. The van der Waals surface area contributed by atoms with Gasteiger partial charge >= 0.3 is 5.25 Å². The topological polar surface area (TPSA) is 58.2 Å². The van der Waals surface area contributed by atoms with Gasteiger partial charge in [-0.1, -0.05) is 23.2 Å². The Morgan fingerprint density at radius 2 is 1.68 bits per heavy atom. The minimum atomic E-state index is -4.09. The Kier molecular flexibility index (Phi) is 6.31. The Morgan fingerprint density at radius 3 is 2.28 bits per heavy atom. The number of rotatable bonds is 6. The molecule has 25 heavy (non-hydrogen) atoms. The molecule has 0 radical (unpaired) electrons. The minimum Gasteiger partial charge on any atom is -0.322 e. The van der Waals surface area contributed by atoms with Gasteiger partial charge in [0.15, 0.2) is 17.7 Å². The lowest BCUT2D eigenvalue weighted by Crippen LogP contribution is -2.31. The summed E-state index contributed by atoms with van der Waals surface area (Å²) in [6.45, 7) is -2.10. The second-order valence-electron chi connectivity index (χ2n) is 4.79. The first-order chi connectivity index (χ1) is 11.7. The molecule has 0 saturated carbocycles. The molecule has 0 saturated heterocycles. The van der Waals surface area contributed by atoms with E-state index >= 15 is 0 Å². The molecule has 0 fully saturated rings. The van der Waals surface area contributed by atoms with Gasteiger partial charge in [-0.15, -0.1) is 0 Å². The smallest absolute Gasteiger partial charge is 0.322 e. The molecular formula is C15H11Cl2F3N2O2S. The van der Waals surface area contributed by atoms with Crippen molar-refractivity contribution in [3.05, 3.63) is 58.1 Å². The average molecular weight is 411 g/mol. The van der Waals surface area contributed by atoms with E-state index < -0.39 is 28.8 Å². The SMILES string of the molecule is O=C(Nc1ccc(Cl)cc1)c1cc(Cl)ccc1NS(=O)C(F)(F)CF. The Morgan fingerprint density at radius 1 is 1.08 bits per heavy atom. The number of carbonyl (C=O) groups is 1. The van der Waals surface area contributed by atoms with E-state index in [1.165, 1.54) is 30.3 Å². The van der Waals surface area contributed by atoms with E-state index in [4.69, 9.17) is 23.2 Å². The molecular weight excluding hydrogens is 400 g/mol. The highest BCUT2D eigenvalue weighted by atomic mass is 35.5. The van der Waals surface area contributed by atoms with Gasteiger partial charge in [-0.2, -0.15) is 8.78 Å². The third-order valence-electron chi connectivity index (χ3n) is 2.96. The van der Waals surface area contributed by atoms with Crippen LogP contribution in [0, 0.1) is 0 Å². The van der Waals surface area contributed by atoms with Crippen molar-refractivity contribution >= 4 is 51.5 Å². The molecule has 0 heterocycles. The summed E-state index contributed by atoms with van der Waals surface area (Å²) in [5.41, 5.74) is 0.0864. The molecule has 0 aliphatic heterocycles. The summed E-state index contributed by atoms with van der Waals surface area (Å²) in [7, 11) is -3.06. The molecule has 1 amide bonds. The van der Waals surface area contributed by atoms with Gasteiger partial charge in [0.1, 0.15) is 0 Å². The second kappa shape index (κ2) is 8.07. The summed E-state index contributed by atoms with van der Waals surface area (Å²) < 4.78 is 52.1. The third kappa shape index (κ3) is 5.10. The molecule has 0 aromatic heterocycles. The normalized spacial score (nSPS) is 12.5. The quantitative estimate of drug-likeness (QED) is 0.712. The van der Waals surface area contributed by atoms with Gasteiger partial charge in [0, 0.05) is 15.7 Å². The van der Waals surface area contributed by atoms with Gasteiger partial charge in [-0.25, -0.2) is 8.60 Å². The predicted octanol–water partition coefficient (Wildman–Crippen LogP) is 4.88. The van der Waals surface area contributed by atoms with E-state index in [-0.39, 0.29) is 16.3 Å². The lowest BCUT2D eigenvalue weighted by atomic mass is 10.1. The molecule has 2 N–H and O–H groups in total. The predicted molar refractivity (Wildman–Crippen MR) is 93.5 cm³/mol. The summed E-state index contributed by atoms with van der Waals surface area (Å²) >= 11 is 11.6. The summed E-state index contributed by atoms with van der Waals surface area (Å²) in [5, 5.41) is -0.945. The van der Waals surface area contributed by atoms with Gasteiger partial charge in [0.2, 0.25) is 0 Å². The molecule has 0 aliphatic carbocycles. The summed E-state index contributed by atoms with van der Waals surface area (Å²) in [6.07, 6.45) is 0. The zero-order valence-electron chi connectivity index (χ0n) is 12.4. The lowest BCUT2D eigenvalue weighted by molar-refractivity contribution is 0.0686. The maximum atomic E-state index is 13.2. The standard InChI is InChI=1S/C15H11Cl2F3N2O2S/c16-9-1-4-11(5-2-9)21-14(23)12-7-10(17)3-6-13(12)22-25(24)15(19,20)8-18/h1-7,22H,8H2,(H,21,23). The molecule has 2 aromatic carbocycles. The number of carbonyl (C=O) groups excluding carboxylic acids is 1. The number of benzene rings is 2. The van der Waals surface area contributed by atoms with E-state index in [1.54, 1.807) is 12.1 Å². The van der Waals surface area contributed by atoms with Gasteiger partial charge in [-0.3, -0.25) is 9.52 Å². The van der Waals surface area contributed by atoms with Gasteiger partial charge < -0.3 is 5.32 Å². The summed E-state index contributed by atoms with van der Waals surface area (Å²) in [4.78, 5) is 12.4. The van der Waals surface area contributed by atoms with Gasteiger partial charge in [0.05, 0.1) is 11.3 Å². The minimum absolute atomic E-state index is 0.134. The van der Waals surface area contributed by atoms with Crippen LogP contribution in [0.15, 0.2) is 42.5 Å². The maximum Gasteiger partial charge on any atom is 0.366 e. The van der Waals surface area contributed by atoms with Crippen molar-refractivity contribution < 1.29 is 22.2 Å². The molecule has 4 nitrogen and oxygen atoms in total. The van der Waals surface area contributed by atoms with Crippen LogP contribution >= 0.6 is 23.2 Å². The Hall–Kier alpha value is -1.77. The average Bonchev–Trinajstić information content (AvgIpc) is 2.58. The fourth-order valence-electron chi connectivity index (χ4n) is 1.75. The van der Waals surface area contributed by atoms with E-state index in [0.29, 0.717) is 10.7 Å². The van der Waals surface area contributed by atoms with Crippen LogP contribution in [0.5, 0.6) is 0 Å². The zero-order chi connectivity index (χ0) is 18.6. The maximum absolute atomic E-state index is 13.2. The fourth-order valence-corrected chi connectivity index (χ4v) is 2.67. The largest absolute Gasteiger partial charge is 0.366 e. The lowest BCUT2D eigenvalue weighted by Gasteiger charge is -2.16. The van der Waals surface area contributed by atoms with Crippen LogP contribution in [0.25, 0.3) is 0 Å². The Labute approximate surface area is 153 Å². The number of hydrogen-bond donors (Lipinski definition) is 2. The van der Waals surface area contributed by atoms with Gasteiger partial charge in [0.25, 0.3) is 5.91 Å². The van der Waals surface area contributed by atoms with E-state index in [2.05, 4.69) is 5.32 Å². The molecule has 1 unspecified atom stereocenters. The van der Waals surface area contributed by atoms with Crippen molar-refractivity contribution in [1.82, 2.24) is 0 Å². The molecule has 0 bridgehead atoms. The number of halogens is 5. The van der Waals surface area contributed by atoms with Crippen LogP contribution < -0.4 is 10.0 Å². The highest BCUT2D eigenvalue weighted by Gasteiger charge is 2.38. The van der Waals surface area contributed by atoms with Crippen molar-refractivity contribution in [2.75, 3.05) is 16.7 Å². The van der Waals surface area contributed by atoms with E-state index in [1.807, 2.05) is 4.72 Å². The molecule has 2 rings (SSSR count). The third-order valence-corrected chi connectivity index (χ3v) is 4.50. The van der Waals surface area contributed by atoms with Crippen molar-refractivity contribution in [3.8, 4) is 0 Å². The first kappa shape index (κ1) is 19.6. The molecule has 0 spiro atoms. The highest BCUT2D eigenvalue weighted by molar-refractivity contribution is 7.87. The molecule has 134 valence electrons. The Bertz CT molecular complexity index is 804. The van der Waals surface area contributed by atoms with E-state index in [0.717, 1.165) is 0 Å².